The van der Waals surface area contributed by atoms with E-state index in [0.29, 0.717) is 18.7 Å². The van der Waals surface area contributed by atoms with Crippen LogP contribution in [0.1, 0.15) is 16.7 Å². The molecule has 0 saturated heterocycles. The first-order valence-electron chi connectivity index (χ1n) is 5.89. The Morgan fingerprint density at radius 2 is 1.89 bits per heavy atom. The molecule has 0 saturated carbocycles. The lowest BCUT2D eigenvalue weighted by molar-refractivity contribution is 0.423. The van der Waals surface area contributed by atoms with Crippen molar-refractivity contribution in [1.29, 1.82) is 0 Å². The lowest BCUT2D eigenvalue weighted by Crippen LogP contribution is -2.13. The molecule has 2 N–H and O–H groups in total. The molecule has 0 heterocycles. The predicted molar refractivity (Wildman–Crippen MR) is 69.8 cm³/mol. The van der Waals surface area contributed by atoms with Crippen LogP contribution in [0.5, 0.6) is 5.75 Å². The number of phenols is 1. The number of rotatable bonds is 4. The zero-order valence-corrected chi connectivity index (χ0v) is 10.3. The highest BCUT2D eigenvalue weighted by Crippen LogP contribution is 2.20. The second-order valence-corrected chi connectivity index (χ2v) is 4.34. The van der Waals surface area contributed by atoms with Crippen LogP contribution in [0.15, 0.2) is 42.5 Å². The zero-order valence-electron chi connectivity index (χ0n) is 10.3. The van der Waals surface area contributed by atoms with Crippen molar-refractivity contribution >= 4 is 0 Å². The number of para-hydroxylation sites is 1. The smallest absolute Gasteiger partial charge is 0.165 e. The molecule has 2 rings (SSSR count). The van der Waals surface area contributed by atoms with E-state index in [1.165, 1.54) is 17.2 Å². The van der Waals surface area contributed by atoms with Gasteiger partial charge < -0.3 is 10.4 Å². The minimum atomic E-state index is -0.579. The minimum Gasteiger partial charge on any atom is -0.505 e. The first-order valence-corrected chi connectivity index (χ1v) is 5.89. The monoisotopic (exact) mass is 245 g/mol. The third kappa shape index (κ3) is 3.08. The summed E-state index contributed by atoms with van der Waals surface area (Å²) in [4.78, 5) is 0. The molecule has 18 heavy (non-hydrogen) atoms. The number of nitrogens with one attached hydrogen (secondary N) is 1. The van der Waals surface area contributed by atoms with Crippen molar-refractivity contribution in [1.82, 2.24) is 5.32 Å². The Hall–Kier alpha value is -1.87. The standard InChI is InChI=1S/C15H16FNO/c1-11-4-2-5-12(8-11)9-17-10-13-6-3-7-14(16)15(13)18/h2-8,17-18H,9-10H2,1H3. The summed E-state index contributed by atoms with van der Waals surface area (Å²) < 4.78 is 13.1. The van der Waals surface area contributed by atoms with E-state index in [9.17, 15) is 9.50 Å². The lowest BCUT2D eigenvalue weighted by atomic mass is 10.1. The molecule has 0 aromatic heterocycles. The molecule has 0 unspecified atom stereocenters. The maximum absolute atomic E-state index is 13.1. The summed E-state index contributed by atoms with van der Waals surface area (Å²) in [6, 6.07) is 12.7. The lowest BCUT2D eigenvalue weighted by Gasteiger charge is -2.08. The third-order valence-corrected chi connectivity index (χ3v) is 2.80. The summed E-state index contributed by atoms with van der Waals surface area (Å²) in [5.74, 6) is -0.848. The van der Waals surface area contributed by atoms with Crippen LogP contribution < -0.4 is 5.32 Å². The number of hydrogen-bond donors (Lipinski definition) is 2. The van der Waals surface area contributed by atoms with Gasteiger partial charge in [-0.1, -0.05) is 42.0 Å². The topological polar surface area (TPSA) is 32.3 Å². The van der Waals surface area contributed by atoms with E-state index < -0.39 is 5.82 Å². The Labute approximate surface area is 106 Å². The SMILES string of the molecule is Cc1cccc(CNCc2cccc(F)c2O)c1. The average Bonchev–Trinajstić information content (AvgIpc) is 2.35. The van der Waals surface area contributed by atoms with E-state index >= 15 is 0 Å². The third-order valence-electron chi connectivity index (χ3n) is 2.80. The molecule has 0 fully saturated rings. The van der Waals surface area contributed by atoms with Gasteiger partial charge in [-0.05, 0) is 18.6 Å². The fraction of sp³-hybridized carbons (Fsp3) is 0.200. The van der Waals surface area contributed by atoms with Crippen molar-refractivity contribution in [2.45, 2.75) is 20.0 Å². The quantitative estimate of drug-likeness (QED) is 0.867. The highest BCUT2D eigenvalue weighted by Gasteiger charge is 2.05. The van der Waals surface area contributed by atoms with E-state index in [2.05, 4.69) is 11.4 Å². The summed E-state index contributed by atoms with van der Waals surface area (Å²) in [6.45, 7) is 3.18. The minimum absolute atomic E-state index is 0.269. The van der Waals surface area contributed by atoms with Gasteiger partial charge in [0.15, 0.2) is 11.6 Å². The molecule has 94 valence electrons. The van der Waals surface area contributed by atoms with Gasteiger partial charge in [-0.25, -0.2) is 4.39 Å². The molecule has 2 aromatic carbocycles. The van der Waals surface area contributed by atoms with Gasteiger partial charge in [0.05, 0.1) is 0 Å². The number of halogens is 1. The van der Waals surface area contributed by atoms with Crippen molar-refractivity contribution in [3.05, 3.63) is 65.0 Å². The van der Waals surface area contributed by atoms with Gasteiger partial charge in [-0.15, -0.1) is 0 Å². The number of phenolic OH excluding ortho intramolecular Hbond substituents is 1. The van der Waals surface area contributed by atoms with Gasteiger partial charge in [0.25, 0.3) is 0 Å². The van der Waals surface area contributed by atoms with Crippen molar-refractivity contribution in [2.75, 3.05) is 0 Å². The molecule has 0 atom stereocenters. The Morgan fingerprint density at radius 3 is 2.67 bits per heavy atom. The first kappa shape index (κ1) is 12.6. The van der Waals surface area contributed by atoms with Crippen LogP contribution in [0.25, 0.3) is 0 Å². The van der Waals surface area contributed by atoms with Gasteiger partial charge in [0.2, 0.25) is 0 Å². The largest absolute Gasteiger partial charge is 0.505 e. The van der Waals surface area contributed by atoms with E-state index in [1.54, 1.807) is 12.1 Å². The summed E-state index contributed by atoms with van der Waals surface area (Å²) in [6.07, 6.45) is 0. The molecule has 0 radical (unpaired) electrons. The fourth-order valence-corrected chi connectivity index (χ4v) is 1.87. The molecule has 0 aliphatic heterocycles. The molecule has 0 aliphatic rings. The van der Waals surface area contributed by atoms with E-state index in [4.69, 9.17) is 0 Å². The summed E-state index contributed by atoms with van der Waals surface area (Å²) >= 11 is 0. The molecule has 2 aromatic rings. The van der Waals surface area contributed by atoms with Gasteiger partial charge in [0.1, 0.15) is 0 Å². The number of aryl methyl sites for hydroxylation is 1. The van der Waals surface area contributed by atoms with Crippen molar-refractivity contribution < 1.29 is 9.50 Å². The maximum atomic E-state index is 13.1. The van der Waals surface area contributed by atoms with Crippen LogP contribution in [0.4, 0.5) is 4.39 Å². The molecule has 0 aliphatic carbocycles. The molecular formula is C15H16FNO. The van der Waals surface area contributed by atoms with E-state index in [0.717, 1.165) is 0 Å². The Balaban J connectivity index is 1.94. The van der Waals surface area contributed by atoms with Crippen LogP contribution in [-0.4, -0.2) is 5.11 Å². The Bertz CT molecular complexity index is 540. The van der Waals surface area contributed by atoms with Crippen molar-refractivity contribution in [2.24, 2.45) is 0 Å². The summed E-state index contributed by atoms with van der Waals surface area (Å²) in [7, 11) is 0. The van der Waals surface area contributed by atoms with Crippen molar-refractivity contribution in [3.8, 4) is 5.75 Å². The van der Waals surface area contributed by atoms with E-state index in [1.807, 2.05) is 25.1 Å². The van der Waals surface area contributed by atoms with Gasteiger partial charge >= 0.3 is 0 Å². The zero-order chi connectivity index (χ0) is 13.0. The molecule has 0 amide bonds. The van der Waals surface area contributed by atoms with Crippen LogP contribution in [0.3, 0.4) is 0 Å². The molecule has 2 nitrogen and oxygen atoms in total. The predicted octanol–water partition coefficient (Wildman–Crippen LogP) is 3.13. The Morgan fingerprint density at radius 1 is 1.11 bits per heavy atom. The molecular weight excluding hydrogens is 229 g/mol. The molecule has 3 heteroatoms. The van der Waals surface area contributed by atoms with Crippen LogP contribution in [0, 0.1) is 12.7 Å². The normalized spacial score (nSPS) is 10.6. The average molecular weight is 245 g/mol. The summed E-state index contributed by atoms with van der Waals surface area (Å²) in [5, 5.41) is 12.7. The van der Waals surface area contributed by atoms with Crippen LogP contribution in [0.2, 0.25) is 0 Å². The second kappa shape index (κ2) is 5.65. The number of benzene rings is 2. The van der Waals surface area contributed by atoms with Gasteiger partial charge in [0, 0.05) is 18.7 Å². The maximum Gasteiger partial charge on any atom is 0.165 e. The van der Waals surface area contributed by atoms with Crippen LogP contribution >= 0.6 is 0 Å². The fourth-order valence-electron chi connectivity index (χ4n) is 1.87. The van der Waals surface area contributed by atoms with Crippen molar-refractivity contribution in [3.63, 3.8) is 0 Å². The number of hydrogen-bond acceptors (Lipinski definition) is 2. The van der Waals surface area contributed by atoms with Gasteiger partial charge in [-0.3, -0.25) is 0 Å². The highest BCUT2D eigenvalue weighted by molar-refractivity contribution is 5.33. The highest BCUT2D eigenvalue weighted by atomic mass is 19.1. The van der Waals surface area contributed by atoms with E-state index in [-0.39, 0.29) is 5.75 Å². The van der Waals surface area contributed by atoms with Gasteiger partial charge in [-0.2, -0.15) is 0 Å². The number of aromatic hydroxyl groups is 1. The molecule has 0 bridgehead atoms. The van der Waals surface area contributed by atoms with Crippen LogP contribution in [-0.2, 0) is 13.1 Å². The first-order chi connectivity index (χ1) is 8.66. The second-order valence-electron chi connectivity index (χ2n) is 4.34. The molecule has 0 spiro atoms. The Kier molecular flexibility index (Phi) is 3.95. The summed E-state index contributed by atoms with van der Waals surface area (Å²) in [5.41, 5.74) is 2.96.